The van der Waals surface area contributed by atoms with Crippen molar-refractivity contribution in [2.45, 2.75) is 39.7 Å². The molecule has 0 aliphatic rings. The largest absolute Gasteiger partial charge is 0.354 e. The third-order valence-corrected chi connectivity index (χ3v) is 4.76. The van der Waals surface area contributed by atoms with Gasteiger partial charge in [0.2, 0.25) is 5.91 Å². The van der Waals surface area contributed by atoms with E-state index >= 15 is 0 Å². The van der Waals surface area contributed by atoms with Crippen LogP contribution in [0.1, 0.15) is 40.7 Å². The summed E-state index contributed by atoms with van der Waals surface area (Å²) >= 11 is 0. The van der Waals surface area contributed by atoms with Gasteiger partial charge in [0.1, 0.15) is 11.6 Å². The van der Waals surface area contributed by atoms with Crippen LogP contribution in [0.4, 0.5) is 0 Å². The lowest BCUT2D eigenvalue weighted by molar-refractivity contribution is -0.121. The quantitative estimate of drug-likeness (QED) is 0.699. The first-order chi connectivity index (χ1) is 13.0. The number of nitrogens with one attached hydrogen (secondary N) is 1. The first kappa shape index (κ1) is 18.8. The van der Waals surface area contributed by atoms with Gasteiger partial charge in [-0.15, -0.1) is 0 Å². The molecule has 1 atom stereocenters. The lowest BCUT2D eigenvalue weighted by Crippen LogP contribution is -2.29. The van der Waals surface area contributed by atoms with E-state index in [0.29, 0.717) is 19.5 Å². The number of carbonyl (C=O) groups is 1. The number of rotatable bonds is 7. The van der Waals surface area contributed by atoms with Crippen LogP contribution < -0.4 is 5.32 Å². The Labute approximate surface area is 160 Å². The normalized spacial score (nSPS) is 12.0. The van der Waals surface area contributed by atoms with Crippen LogP contribution >= 0.6 is 0 Å². The van der Waals surface area contributed by atoms with Gasteiger partial charge >= 0.3 is 0 Å². The fourth-order valence-electron chi connectivity index (χ4n) is 3.40. The summed E-state index contributed by atoms with van der Waals surface area (Å²) in [6, 6.07) is 18.5. The molecule has 0 aliphatic carbocycles. The molecule has 0 saturated carbocycles. The SMILES string of the molecule is Cc1nc(C)n(CCNC(=O)C[C@@H](c2ccccc2)c2ccccc2C)n1. The van der Waals surface area contributed by atoms with E-state index in [1.165, 1.54) is 11.1 Å². The molecule has 5 heteroatoms. The van der Waals surface area contributed by atoms with E-state index in [1.54, 1.807) is 0 Å². The Hall–Kier alpha value is -2.95. The van der Waals surface area contributed by atoms with Gasteiger partial charge in [-0.2, -0.15) is 5.10 Å². The van der Waals surface area contributed by atoms with Crippen molar-refractivity contribution < 1.29 is 4.79 Å². The predicted octanol–water partition coefficient (Wildman–Crippen LogP) is 3.54. The predicted molar refractivity (Wildman–Crippen MR) is 107 cm³/mol. The molecule has 5 nitrogen and oxygen atoms in total. The van der Waals surface area contributed by atoms with Gasteiger partial charge in [-0.1, -0.05) is 54.6 Å². The molecule has 27 heavy (non-hydrogen) atoms. The summed E-state index contributed by atoms with van der Waals surface area (Å²) in [5.74, 6) is 1.70. The fourth-order valence-corrected chi connectivity index (χ4v) is 3.40. The Kier molecular flexibility index (Phi) is 6.01. The Morgan fingerprint density at radius 3 is 2.41 bits per heavy atom. The third-order valence-electron chi connectivity index (χ3n) is 4.76. The highest BCUT2D eigenvalue weighted by atomic mass is 16.1. The van der Waals surface area contributed by atoms with Crippen molar-refractivity contribution in [3.05, 3.63) is 82.9 Å². The number of hydrogen-bond acceptors (Lipinski definition) is 3. The van der Waals surface area contributed by atoms with Crippen molar-refractivity contribution in [1.29, 1.82) is 0 Å². The third kappa shape index (κ3) is 4.82. The number of benzene rings is 2. The van der Waals surface area contributed by atoms with Gasteiger partial charge in [0, 0.05) is 18.9 Å². The minimum absolute atomic E-state index is 0.0431. The second kappa shape index (κ2) is 8.62. The molecular formula is C22H26N4O. The molecule has 0 radical (unpaired) electrons. The summed E-state index contributed by atoms with van der Waals surface area (Å²) in [6.45, 7) is 7.05. The second-order valence-corrected chi connectivity index (χ2v) is 6.80. The highest BCUT2D eigenvalue weighted by Gasteiger charge is 2.19. The van der Waals surface area contributed by atoms with E-state index < -0.39 is 0 Å². The van der Waals surface area contributed by atoms with Crippen molar-refractivity contribution >= 4 is 5.91 Å². The van der Waals surface area contributed by atoms with Crippen molar-refractivity contribution in [1.82, 2.24) is 20.1 Å². The van der Waals surface area contributed by atoms with E-state index in [1.807, 2.05) is 48.9 Å². The van der Waals surface area contributed by atoms with Gasteiger partial charge in [-0.05, 0) is 37.5 Å². The fraction of sp³-hybridized carbons (Fsp3) is 0.318. The van der Waals surface area contributed by atoms with E-state index in [4.69, 9.17) is 0 Å². The molecule has 1 amide bonds. The van der Waals surface area contributed by atoms with E-state index in [-0.39, 0.29) is 11.8 Å². The average molecular weight is 362 g/mol. The number of aromatic nitrogens is 3. The van der Waals surface area contributed by atoms with Gasteiger partial charge in [0.05, 0.1) is 6.54 Å². The van der Waals surface area contributed by atoms with E-state index in [2.05, 4.69) is 46.6 Å². The number of nitrogens with zero attached hydrogens (tertiary/aromatic N) is 3. The minimum atomic E-state index is 0.0431. The summed E-state index contributed by atoms with van der Waals surface area (Å²) in [5.41, 5.74) is 3.55. The van der Waals surface area contributed by atoms with Crippen LogP contribution in [0.3, 0.4) is 0 Å². The highest BCUT2D eigenvalue weighted by Crippen LogP contribution is 2.30. The van der Waals surface area contributed by atoms with Crippen LogP contribution in [0, 0.1) is 20.8 Å². The molecular weight excluding hydrogens is 336 g/mol. The number of aryl methyl sites for hydroxylation is 3. The molecule has 140 valence electrons. The van der Waals surface area contributed by atoms with E-state index in [0.717, 1.165) is 17.2 Å². The van der Waals surface area contributed by atoms with E-state index in [9.17, 15) is 4.79 Å². The molecule has 0 spiro atoms. The Bertz CT molecular complexity index is 902. The standard InChI is InChI=1S/C22H26N4O/c1-16-9-7-8-12-20(16)21(19-10-5-4-6-11-19)15-22(27)23-13-14-26-18(3)24-17(2)25-26/h4-12,21H,13-15H2,1-3H3,(H,23,27)/t21-/m0/s1. The van der Waals surface area contributed by atoms with Gasteiger partial charge in [0.25, 0.3) is 0 Å². The summed E-state index contributed by atoms with van der Waals surface area (Å²) in [6.07, 6.45) is 0.421. The summed E-state index contributed by atoms with van der Waals surface area (Å²) < 4.78 is 1.83. The number of hydrogen-bond donors (Lipinski definition) is 1. The maximum atomic E-state index is 12.6. The van der Waals surface area contributed by atoms with Crippen LogP contribution in [0.5, 0.6) is 0 Å². The molecule has 3 aromatic rings. The lowest BCUT2D eigenvalue weighted by atomic mass is 9.86. The van der Waals surface area contributed by atoms with Crippen LogP contribution in [0.2, 0.25) is 0 Å². The average Bonchev–Trinajstić information content (AvgIpc) is 2.98. The summed E-state index contributed by atoms with van der Waals surface area (Å²) in [7, 11) is 0. The van der Waals surface area contributed by atoms with Crippen LogP contribution in [0.25, 0.3) is 0 Å². The zero-order valence-electron chi connectivity index (χ0n) is 16.1. The lowest BCUT2D eigenvalue weighted by Gasteiger charge is -2.20. The highest BCUT2D eigenvalue weighted by molar-refractivity contribution is 5.77. The van der Waals surface area contributed by atoms with Crippen LogP contribution in [0.15, 0.2) is 54.6 Å². The zero-order chi connectivity index (χ0) is 19.2. The molecule has 0 fully saturated rings. The van der Waals surface area contributed by atoms with Gasteiger partial charge in [-0.25, -0.2) is 9.67 Å². The Morgan fingerprint density at radius 1 is 1.04 bits per heavy atom. The molecule has 2 aromatic carbocycles. The van der Waals surface area contributed by atoms with Crippen molar-refractivity contribution in [3.8, 4) is 0 Å². The van der Waals surface area contributed by atoms with Crippen molar-refractivity contribution in [3.63, 3.8) is 0 Å². The Morgan fingerprint density at radius 2 is 1.74 bits per heavy atom. The topological polar surface area (TPSA) is 59.8 Å². The van der Waals surface area contributed by atoms with Crippen molar-refractivity contribution in [2.24, 2.45) is 0 Å². The molecule has 1 aromatic heterocycles. The smallest absolute Gasteiger partial charge is 0.221 e. The zero-order valence-corrected chi connectivity index (χ0v) is 16.1. The van der Waals surface area contributed by atoms with Crippen molar-refractivity contribution in [2.75, 3.05) is 6.54 Å². The molecule has 3 rings (SSSR count). The molecule has 1 heterocycles. The van der Waals surface area contributed by atoms with Gasteiger partial charge in [-0.3, -0.25) is 4.79 Å². The molecule has 0 bridgehead atoms. The first-order valence-electron chi connectivity index (χ1n) is 9.30. The molecule has 0 unspecified atom stereocenters. The minimum Gasteiger partial charge on any atom is -0.354 e. The maximum absolute atomic E-state index is 12.6. The number of carbonyl (C=O) groups excluding carboxylic acids is 1. The van der Waals surface area contributed by atoms with Crippen LogP contribution in [-0.4, -0.2) is 27.2 Å². The molecule has 1 N–H and O–H groups in total. The van der Waals surface area contributed by atoms with Gasteiger partial charge < -0.3 is 5.32 Å². The van der Waals surface area contributed by atoms with Gasteiger partial charge in [0.15, 0.2) is 0 Å². The summed E-state index contributed by atoms with van der Waals surface area (Å²) in [5, 5.41) is 7.36. The monoisotopic (exact) mass is 362 g/mol. The maximum Gasteiger partial charge on any atom is 0.221 e. The number of amides is 1. The summed E-state index contributed by atoms with van der Waals surface area (Å²) in [4.78, 5) is 16.9. The first-order valence-corrected chi connectivity index (χ1v) is 9.30. The van der Waals surface area contributed by atoms with Crippen LogP contribution in [-0.2, 0) is 11.3 Å². The molecule has 0 aliphatic heterocycles. The second-order valence-electron chi connectivity index (χ2n) is 6.80. The molecule has 0 saturated heterocycles. The Balaban J connectivity index is 1.68.